The van der Waals surface area contributed by atoms with E-state index in [1.54, 1.807) is 28.0 Å². The Balaban J connectivity index is 1.62. The first kappa shape index (κ1) is 14.3. The molecule has 0 radical (unpaired) electrons. The van der Waals surface area contributed by atoms with Crippen LogP contribution in [0.25, 0.3) is 0 Å². The molecule has 1 fully saturated rings. The molecule has 0 unspecified atom stereocenters. The van der Waals surface area contributed by atoms with Crippen molar-refractivity contribution in [1.82, 2.24) is 9.80 Å². The Morgan fingerprint density at radius 3 is 2.23 bits per heavy atom. The van der Waals surface area contributed by atoms with E-state index in [4.69, 9.17) is 4.42 Å². The molecule has 0 spiro atoms. The van der Waals surface area contributed by atoms with Gasteiger partial charge in [0.25, 0.3) is 11.8 Å². The minimum atomic E-state index is -0.433. The molecule has 1 aliphatic rings. The fourth-order valence-corrected chi connectivity index (χ4v) is 2.47. The van der Waals surface area contributed by atoms with Crippen molar-refractivity contribution in [2.45, 2.75) is 0 Å². The van der Waals surface area contributed by atoms with Gasteiger partial charge in [-0.05, 0) is 30.3 Å². The maximum absolute atomic E-state index is 13.2. The van der Waals surface area contributed by atoms with E-state index in [1.165, 1.54) is 24.5 Å². The van der Waals surface area contributed by atoms with Crippen molar-refractivity contribution in [3.05, 3.63) is 59.8 Å². The van der Waals surface area contributed by atoms with Crippen LogP contribution in [0.15, 0.2) is 47.1 Å². The molecule has 2 aromatic rings. The van der Waals surface area contributed by atoms with E-state index in [9.17, 15) is 14.0 Å². The molecular formula is C16H15FN2O3. The molecule has 0 aliphatic carbocycles. The van der Waals surface area contributed by atoms with Crippen LogP contribution in [-0.4, -0.2) is 47.8 Å². The largest absolute Gasteiger partial charge is 0.459 e. The number of carbonyl (C=O) groups is 2. The standard InChI is InChI=1S/C16H15FN2O3/c17-13-4-1-3-12(11-13)15(20)18-6-8-19(9-7-18)16(21)14-5-2-10-22-14/h1-5,10-11H,6-9H2. The van der Waals surface area contributed by atoms with Gasteiger partial charge in [-0.3, -0.25) is 9.59 Å². The Morgan fingerprint density at radius 1 is 0.955 bits per heavy atom. The average Bonchev–Trinajstić information content (AvgIpc) is 3.08. The van der Waals surface area contributed by atoms with Crippen molar-refractivity contribution < 1.29 is 18.4 Å². The summed E-state index contributed by atoms with van der Waals surface area (Å²) in [5, 5.41) is 0. The number of furan rings is 1. The predicted octanol–water partition coefficient (Wildman–Crippen LogP) is 2.02. The van der Waals surface area contributed by atoms with E-state index in [-0.39, 0.29) is 11.8 Å². The lowest BCUT2D eigenvalue weighted by Crippen LogP contribution is -2.50. The summed E-state index contributed by atoms with van der Waals surface area (Å²) in [5.74, 6) is -0.533. The molecule has 5 nitrogen and oxygen atoms in total. The van der Waals surface area contributed by atoms with Gasteiger partial charge < -0.3 is 14.2 Å². The van der Waals surface area contributed by atoms with E-state index in [0.29, 0.717) is 37.5 Å². The molecule has 1 aromatic heterocycles. The highest BCUT2D eigenvalue weighted by Gasteiger charge is 2.26. The predicted molar refractivity (Wildman–Crippen MR) is 76.9 cm³/mol. The zero-order chi connectivity index (χ0) is 15.5. The van der Waals surface area contributed by atoms with Gasteiger partial charge in [0.2, 0.25) is 0 Å². The lowest BCUT2D eigenvalue weighted by molar-refractivity contribution is 0.0518. The van der Waals surface area contributed by atoms with Crippen LogP contribution < -0.4 is 0 Å². The van der Waals surface area contributed by atoms with Crippen LogP contribution in [-0.2, 0) is 0 Å². The molecule has 3 rings (SSSR count). The molecule has 0 N–H and O–H groups in total. The van der Waals surface area contributed by atoms with Gasteiger partial charge in [0, 0.05) is 31.7 Å². The molecular weight excluding hydrogens is 287 g/mol. The van der Waals surface area contributed by atoms with Crippen molar-refractivity contribution in [2.75, 3.05) is 26.2 Å². The Hall–Kier alpha value is -2.63. The van der Waals surface area contributed by atoms with Gasteiger partial charge >= 0.3 is 0 Å². The number of benzene rings is 1. The van der Waals surface area contributed by atoms with Crippen LogP contribution in [0, 0.1) is 5.82 Å². The molecule has 0 saturated carbocycles. The van der Waals surface area contributed by atoms with Crippen molar-refractivity contribution >= 4 is 11.8 Å². The first-order chi connectivity index (χ1) is 10.6. The van der Waals surface area contributed by atoms with E-state index >= 15 is 0 Å². The molecule has 114 valence electrons. The number of nitrogens with zero attached hydrogens (tertiary/aromatic N) is 2. The molecule has 0 bridgehead atoms. The number of halogens is 1. The van der Waals surface area contributed by atoms with E-state index in [0.717, 1.165) is 0 Å². The first-order valence-corrected chi connectivity index (χ1v) is 7.03. The zero-order valence-electron chi connectivity index (χ0n) is 11.9. The highest BCUT2D eigenvalue weighted by atomic mass is 19.1. The summed E-state index contributed by atoms with van der Waals surface area (Å²) in [6.45, 7) is 1.70. The van der Waals surface area contributed by atoms with E-state index in [1.807, 2.05) is 0 Å². The van der Waals surface area contributed by atoms with Gasteiger partial charge in [0.1, 0.15) is 5.82 Å². The summed E-state index contributed by atoms with van der Waals surface area (Å²) in [5.41, 5.74) is 0.325. The Labute approximate surface area is 126 Å². The molecule has 1 saturated heterocycles. The van der Waals surface area contributed by atoms with Crippen molar-refractivity contribution in [3.63, 3.8) is 0 Å². The lowest BCUT2D eigenvalue weighted by atomic mass is 10.1. The number of rotatable bonds is 2. The quantitative estimate of drug-likeness (QED) is 0.853. The second-order valence-electron chi connectivity index (χ2n) is 5.07. The number of piperazine rings is 1. The van der Waals surface area contributed by atoms with Crippen LogP contribution in [0.2, 0.25) is 0 Å². The second-order valence-corrected chi connectivity index (χ2v) is 5.07. The van der Waals surface area contributed by atoms with Crippen LogP contribution in [0.5, 0.6) is 0 Å². The number of hydrogen-bond donors (Lipinski definition) is 0. The lowest BCUT2D eigenvalue weighted by Gasteiger charge is -2.34. The Bertz CT molecular complexity index is 676. The summed E-state index contributed by atoms with van der Waals surface area (Å²) >= 11 is 0. The molecule has 0 atom stereocenters. The van der Waals surface area contributed by atoms with E-state index in [2.05, 4.69) is 0 Å². The zero-order valence-corrected chi connectivity index (χ0v) is 11.9. The molecule has 2 amide bonds. The minimum Gasteiger partial charge on any atom is -0.459 e. The highest BCUT2D eigenvalue weighted by molar-refractivity contribution is 5.95. The fraction of sp³-hybridized carbons (Fsp3) is 0.250. The van der Waals surface area contributed by atoms with Crippen LogP contribution in [0.3, 0.4) is 0 Å². The van der Waals surface area contributed by atoms with E-state index < -0.39 is 5.82 Å². The summed E-state index contributed by atoms with van der Waals surface area (Å²) in [6, 6.07) is 8.91. The third-order valence-corrected chi connectivity index (χ3v) is 3.66. The number of carbonyl (C=O) groups excluding carboxylic acids is 2. The summed E-state index contributed by atoms with van der Waals surface area (Å²) < 4.78 is 18.3. The Morgan fingerprint density at radius 2 is 1.64 bits per heavy atom. The monoisotopic (exact) mass is 302 g/mol. The average molecular weight is 302 g/mol. The Kier molecular flexibility index (Phi) is 3.91. The van der Waals surface area contributed by atoms with Crippen molar-refractivity contribution in [2.24, 2.45) is 0 Å². The van der Waals surface area contributed by atoms with Gasteiger partial charge in [-0.25, -0.2) is 4.39 Å². The SMILES string of the molecule is O=C(c1cccc(F)c1)N1CCN(C(=O)c2ccco2)CC1. The smallest absolute Gasteiger partial charge is 0.289 e. The van der Waals surface area contributed by atoms with Crippen molar-refractivity contribution in [3.8, 4) is 0 Å². The minimum absolute atomic E-state index is 0.178. The second kappa shape index (κ2) is 6.01. The van der Waals surface area contributed by atoms with Crippen LogP contribution in [0.1, 0.15) is 20.9 Å². The van der Waals surface area contributed by atoms with Crippen LogP contribution >= 0.6 is 0 Å². The van der Waals surface area contributed by atoms with Gasteiger partial charge in [-0.1, -0.05) is 6.07 Å². The molecule has 6 heteroatoms. The molecule has 1 aliphatic heterocycles. The van der Waals surface area contributed by atoms with Gasteiger partial charge in [0.05, 0.1) is 6.26 Å². The number of amides is 2. The summed E-state index contributed by atoms with van der Waals surface area (Å²) in [7, 11) is 0. The fourth-order valence-electron chi connectivity index (χ4n) is 2.47. The third-order valence-electron chi connectivity index (χ3n) is 3.66. The normalized spacial score (nSPS) is 15.0. The number of hydrogen-bond acceptors (Lipinski definition) is 3. The van der Waals surface area contributed by atoms with Crippen LogP contribution in [0.4, 0.5) is 4.39 Å². The maximum atomic E-state index is 13.2. The molecule has 2 heterocycles. The topological polar surface area (TPSA) is 53.8 Å². The van der Waals surface area contributed by atoms with Gasteiger partial charge in [-0.15, -0.1) is 0 Å². The summed E-state index contributed by atoms with van der Waals surface area (Å²) in [4.78, 5) is 27.7. The van der Waals surface area contributed by atoms with Crippen molar-refractivity contribution in [1.29, 1.82) is 0 Å². The third kappa shape index (κ3) is 2.86. The summed E-state index contributed by atoms with van der Waals surface area (Å²) in [6.07, 6.45) is 1.46. The van der Waals surface area contributed by atoms with Gasteiger partial charge in [0.15, 0.2) is 5.76 Å². The molecule has 22 heavy (non-hydrogen) atoms. The highest BCUT2D eigenvalue weighted by Crippen LogP contribution is 2.13. The molecule has 1 aromatic carbocycles. The van der Waals surface area contributed by atoms with Gasteiger partial charge in [-0.2, -0.15) is 0 Å². The maximum Gasteiger partial charge on any atom is 0.289 e. The first-order valence-electron chi connectivity index (χ1n) is 7.03.